The molecule has 2 aromatic heterocycles. The molecule has 1 saturated heterocycles. The van der Waals surface area contributed by atoms with Crippen LogP contribution in [0.5, 0.6) is 0 Å². The maximum atomic E-state index is 12.9. The Morgan fingerprint density at radius 1 is 1.11 bits per heavy atom. The van der Waals surface area contributed by atoms with Gasteiger partial charge in [-0.05, 0) is 68.7 Å². The molecule has 0 aliphatic carbocycles. The van der Waals surface area contributed by atoms with Crippen LogP contribution in [0.1, 0.15) is 69.0 Å². The van der Waals surface area contributed by atoms with E-state index in [2.05, 4.69) is 27.8 Å². The van der Waals surface area contributed by atoms with Gasteiger partial charge < -0.3 is 20.6 Å². The zero-order chi connectivity index (χ0) is 24.5. The summed E-state index contributed by atoms with van der Waals surface area (Å²) in [4.78, 5) is 35.7. The summed E-state index contributed by atoms with van der Waals surface area (Å²) < 4.78 is 0. The van der Waals surface area contributed by atoms with Crippen LogP contribution in [-0.2, 0) is 22.4 Å². The number of aromatic nitrogens is 2. The number of hydrogen-bond donors (Lipinski definition) is 3. The van der Waals surface area contributed by atoms with Crippen LogP contribution in [0.4, 0.5) is 11.6 Å². The molecular weight excluding hydrogens is 442 g/mol. The molecule has 4 rings (SSSR count). The van der Waals surface area contributed by atoms with Gasteiger partial charge >= 0.3 is 5.97 Å². The SMILES string of the molecule is O=C(O)[C@H](CCCCCCCc1ccc2c(n1)NCCC2)NC(=O)[C@H]1CCCN1c1ccccn1. The lowest BCUT2D eigenvalue weighted by atomic mass is 10.0. The summed E-state index contributed by atoms with van der Waals surface area (Å²) in [5.74, 6) is 0.635. The molecule has 1 fully saturated rings. The van der Waals surface area contributed by atoms with Crippen LogP contribution >= 0.6 is 0 Å². The molecule has 0 unspecified atom stereocenters. The molecule has 2 aliphatic rings. The van der Waals surface area contributed by atoms with Crippen LogP contribution < -0.4 is 15.5 Å². The number of amides is 1. The number of pyridine rings is 2. The number of carbonyl (C=O) groups excluding carboxylic acids is 1. The molecule has 0 radical (unpaired) electrons. The van der Waals surface area contributed by atoms with E-state index >= 15 is 0 Å². The Labute approximate surface area is 207 Å². The summed E-state index contributed by atoms with van der Waals surface area (Å²) in [5, 5.41) is 15.8. The monoisotopic (exact) mass is 479 g/mol. The van der Waals surface area contributed by atoms with Crippen LogP contribution in [-0.4, -0.2) is 52.1 Å². The third kappa shape index (κ3) is 6.93. The third-order valence-corrected chi connectivity index (χ3v) is 6.99. The van der Waals surface area contributed by atoms with E-state index in [0.717, 1.165) is 81.8 Å². The van der Waals surface area contributed by atoms with Gasteiger partial charge in [-0.15, -0.1) is 0 Å². The van der Waals surface area contributed by atoms with Gasteiger partial charge in [-0.25, -0.2) is 14.8 Å². The summed E-state index contributed by atoms with van der Waals surface area (Å²) in [6.07, 6.45) is 12.0. The predicted molar refractivity (Wildman–Crippen MR) is 137 cm³/mol. The molecular formula is C27H37N5O3. The minimum Gasteiger partial charge on any atom is -0.480 e. The van der Waals surface area contributed by atoms with E-state index in [-0.39, 0.29) is 11.9 Å². The zero-order valence-electron chi connectivity index (χ0n) is 20.4. The molecule has 0 saturated carbocycles. The topological polar surface area (TPSA) is 107 Å². The lowest BCUT2D eigenvalue weighted by Crippen LogP contribution is -2.49. The van der Waals surface area contributed by atoms with Gasteiger partial charge in [0.1, 0.15) is 23.7 Å². The predicted octanol–water partition coefficient (Wildman–Crippen LogP) is 3.96. The minimum absolute atomic E-state index is 0.215. The number of carboxylic acid groups (broad SMARTS) is 1. The quantitative estimate of drug-likeness (QED) is 0.396. The lowest BCUT2D eigenvalue weighted by molar-refractivity contribution is -0.142. The first kappa shape index (κ1) is 24.9. The van der Waals surface area contributed by atoms with Crippen LogP contribution in [0.25, 0.3) is 0 Å². The molecule has 8 heteroatoms. The molecule has 0 bridgehead atoms. The fourth-order valence-corrected chi connectivity index (χ4v) is 5.06. The molecule has 2 aliphatic heterocycles. The summed E-state index contributed by atoms with van der Waals surface area (Å²) >= 11 is 0. The van der Waals surface area contributed by atoms with Crippen molar-refractivity contribution >= 4 is 23.5 Å². The maximum Gasteiger partial charge on any atom is 0.326 e. The second-order valence-electron chi connectivity index (χ2n) is 9.59. The first-order chi connectivity index (χ1) is 17.1. The molecule has 4 heterocycles. The number of fused-ring (bicyclic) bond motifs is 1. The van der Waals surface area contributed by atoms with E-state index in [1.807, 2.05) is 23.1 Å². The lowest BCUT2D eigenvalue weighted by Gasteiger charge is -2.26. The van der Waals surface area contributed by atoms with Crippen molar-refractivity contribution < 1.29 is 14.7 Å². The number of unbranched alkanes of at least 4 members (excludes halogenated alkanes) is 4. The van der Waals surface area contributed by atoms with Gasteiger partial charge in [-0.3, -0.25) is 4.79 Å². The Morgan fingerprint density at radius 3 is 2.80 bits per heavy atom. The zero-order valence-corrected chi connectivity index (χ0v) is 20.4. The molecule has 1 amide bonds. The molecule has 0 aromatic carbocycles. The number of aliphatic carboxylic acids is 1. The van der Waals surface area contributed by atoms with Gasteiger partial charge in [-0.1, -0.05) is 37.8 Å². The van der Waals surface area contributed by atoms with Crippen molar-refractivity contribution in [1.82, 2.24) is 15.3 Å². The Bertz CT molecular complexity index is 984. The first-order valence-corrected chi connectivity index (χ1v) is 13.1. The second kappa shape index (κ2) is 12.5. The van der Waals surface area contributed by atoms with Crippen molar-refractivity contribution in [1.29, 1.82) is 0 Å². The van der Waals surface area contributed by atoms with E-state index in [4.69, 9.17) is 4.98 Å². The smallest absolute Gasteiger partial charge is 0.326 e. The Kier molecular flexibility index (Phi) is 8.92. The summed E-state index contributed by atoms with van der Waals surface area (Å²) in [5.41, 5.74) is 2.45. The number of carbonyl (C=O) groups is 2. The van der Waals surface area contributed by atoms with Crippen LogP contribution in [0, 0.1) is 0 Å². The average molecular weight is 480 g/mol. The van der Waals surface area contributed by atoms with Gasteiger partial charge in [-0.2, -0.15) is 0 Å². The minimum atomic E-state index is -0.965. The van der Waals surface area contributed by atoms with Gasteiger partial charge in [0.2, 0.25) is 5.91 Å². The molecule has 0 spiro atoms. The van der Waals surface area contributed by atoms with Crippen molar-refractivity contribution in [3.05, 3.63) is 47.8 Å². The summed E-state index contributed by atoms with van der Waals surface area (Å²) in [6.45, 7) is 1.76. The highest BCUT2D eigenvalue weighted by Crippen LogP contribution is 2.24. The van der Waals surface area contributed by atoms with Crippen molar-refractivity contribution in [3.8, 4) is 0 Å². The van der Waals surface area contributed by atoms with E-state index in [1.54, 1.807) is 6.20 Å². The summed E-state index contributed by atoms with van der Waals surface area (Å²) in [6, 6.07) is 8.77. The molecule has 8 nitrogen and oxygen atoms in total. The first-order valence-electron chi connectivity index (χ1n) is 13.1. The van der Waals surface area contributed by atoms with Crippen molar-refractivity contribution in [2.75, 3.05) is 23.3 Å². The Balaban J connectivity index is 1.15. The van der Waals surface area contributed by atoms with Crippen LogP contribution in [0.15, 0.2) is 36.5 Å². The van der Waals surface area contributed by atoms with Gasteiger partial charge in [0, 0.05) is 25.0 Å². The molecule has 35 heavy (non-hydrogen) atoms. The van der Waals surface area contributed by atoms with Crippen molar-refractivity contribution in [2.24, 2.45) is 0 Å². The van der Waals surface area contributed by atoms with Crippen molar-refractivity contribution in [3.63, 3.8) is 0 Å². The number of aryl methyl sites for hydroxylation is 2. The second-order valence-corrected chi connectivity index (χ2v) is 9.59. The fraction of sp³-hybridized carbons (Fsp3) is 0.556. The van der Waals surface area contributed by atoms with Gasteiger partial charge in [0.25, 0.3) is 0 Å². The number of nitrogens with one attached hydrogen (secondary N) is 2. The molecule has 2 aromatic rings. The van der Waals surface area contributed by atoms with E-state index in [0.29, 0.717) is 12.8 Å². The van der Waals surface area contributed by atoms with E-state index in [1.165, 1.54) is 12.0 Å². The fourth-order valence-electron chi connectivity index (χ4n) is 5.06. The normalized spacial score (nSPS) is 17.9. The third-order valence-electron chi connectivity index (χ3n) is 6.99. The van der Waals surface area contributed by atoms with E-state index < -0.39 is 12.0 Å². The molecule has 188 valence electrons. The number of carboxylic acids is 1. The number of hydrogen-bond acceptors (Lipinski definition) is 6. The highest BCUT2D eigenvalue weighted by Gasteiger charge is 2.33. The maximum absolute atomic E-state index is 12.9. The number of anilines is 2. The van der Waals surface area contributed by atoms with Gasteiger partial charge in [0.15, 0.2) is 0 Å². The largest absolute Gasteiger partial charge is 0.480 e. The molecule has 3 N–H and O–H groups in total. The number of rotatable bonds is 12. The Morgan fingerprint density at radius 2 is 1.97 bits per heavy atom. The highest BCUT2D eigenvalue weighted by molar-refractivity contribution is 5.89. The summed E-state index contributed by atoms with van der Waals surface area (Å²) in [7, 11) is 0. The van der Waals surface area contributed by atoms with Crippen LogP contribution in [0.2, 0.25) is 0 Å². The van der Waals surface area contributed by atoms with E-state index in [9.17, 15) is 14.7 Å². The van der Waals surface area contributed by atoms with Crippen LogP contribution in [0.3, 0.4) is 0 Å². The van der Waals surface area contributed by atoms with Gasteiger partial charge in [0.05, 0.1) is 0 Å². The number of nitrogens with zero attached hydrogens (tertiary/aromatic N) is 3. The highest BCUT2D eigenvalue weighted by atomic mass is 16.4. The van der Waals surface area contributed by atoms with Crippen molar-refractivity contribution in [2.45, 2.75) is 82.7 Å². The average Bonchev–Trinajstić information content (AvgIpc) is 3.38. The Hall–Kier alpha value is -3.16. The molecule has 2 atom stereocenters. The standard InChI is InChI=1S/C27H37N5O3/c33-26(23-13-9-19-32(23)24-14-6-7-17-28-24)31-22(27(34)35)12-5-3-1-2-4-11-21-16-15-20-10-8-18-29-25(20)30-21/h6-7,14-17,22-23H,1-5,8-13,18-19H2,(H,29,30)(H,31,33)(H,34,35)/t22-,23+/m0/s1.